The van der Waals surface area contributed by atoms with Crippen LogP contribution < -0.4 is 10.1 Å². The van der Waals surface area contributed by atoms with Crippen LogP contribution in [0.5, 0.6) is 5.75 Å². The molecule has 0 aromatic heterocycles. The number of benzene rings is 3. The first kappa shape index (κ1) is 19.0. The minimum Gasteiger partial charge on any atom is -0.481 e. The second kappa shape index (κ2) is 8.26. The number of hydrogen-bond donors (Lipinski definition) is 1. The van der Waals surface area contributed by atoms with Crippen LogP contribution in [-0.2, 0) is 4.79 Å². The number of nitrogens with one attached hydrogen (secondary N) is 1. The molecule has 0 heterocycles. The molecule has 1 amide bonds. The predicted octanol–water partition coefficient (Wildman–Crippen LogP) is 5.49. The van der Waals surface area contributed by atoms with E-state index in [9.17, 15) is 4.79 Å². The Labute approximate surface area is 161 Å². The van der Waals surface area contributed by atoms with Gasteiger partial charge in [0.25, 0.3) is 5.91 Å². The van der Waals surface area contributed by atoms with Crippen molar-refractivity contribution < 1.29 is 9.53 Å². The molecule has 0 unspecified atom stereocenters. The monoisotopic (exact) mass is 361 g/mol. The van der Waals surface area contributed by atoms with Gasteiger partial charge in [-0.15, -0.1) is 0 Å². The van der Waals surface area contributed by atoms with Gasteiger partial charge in [0.15, 0.2) is 6.10 Å². The lowest BCUT2D eigenvalue weighted by Gasteiger charge is -2.22. The number of aryl methyl sites for hydroxylation is 2. The molecule has 0 saturated heterocycles. The molecule has 140 valence electrons. The smallest absolute Gasteiger partial charge is 0.261 e. The first-order valence-corrected chi connectivity index (χ1v) is 9.51. The molecular formula is C24H27NO2. The summed E-state index contributed by atoms with van der Waals surface area (Å²) < 4.78 is 6.01. The Morgan fingerprint density at radius 3 is 2.44 bits per heavy atom. The van der Waals surface area contributed by atoms with Crippen molar-refractivity contribution >= 4 is 16.7 Å². The quantitative estimate of drug-likeness (QED) is 0.630. The first-order valence-electron chi connectivity index (χ1n) is 9.51. The number of amides is 1. The fourth-order valence-corrected chi connectivity index (χ4v) is 3.42. The lowest BCUT2D eigenvalue weighted by molar-refractivity contribution is -0.128. The average Bonchev–Trinajstić information content (AvgIpc) is 2.65. The topological polar surface area (TPSA) is 38.3 Å². The minimum absolute atomic E-state index is 0.0626. The van der Waals surface area contributed by atoms with Gasteiger partial charge in [0, 0.05) is 0 Å². The summed E-state index contributed by atoms with van der Waals surface area (Å²) in [6.45, 7) is 8.13. The Morgan fingerprint density at radius 1 is 1.00 bits per heavy atom. The first-order chi connectivity index (χ1) is 13.0. The van der Waals surface area contributed by atoms with Gasteiger partial charge in [-0.25, -0.2) is 0 Å². The highest BCUT2D eigenvalue weighted by atomic mass is 16.5. The number of hydrogen-bond acceptors (Lipinski definition) is 2. The summed E-state index contributed by atoms with van der Waals surface area (Å²) in [4.78, 5) is 12.8. The molecule has 0 aliphatic rings. The Morgan fingerprint density at radius 2 is 1.74 bits per heavy atom. The standard InChI is InChI=1S/C24H27NO2/c1-5-23(27-21-12-11-19-8-6-7-9-20(19)15-21)24(26)25-18(4)22-13-10-16(2)14-17(22)3/h6-15,18,23H,5H2,1-4H3,(H,25,26)/t18-,23-/m0/s1. The third kappa shape index (κ3) is 4.48. The molecule has 0 radical (unpaired) electrons. The van der Waals surface area contributed by atoms with Crippen molar-refractivity contribution in [3.05, 3.63) is 77.4 Å². The Balaban J connectivity index is 1.71. The van der Waals surface area contributed by atoms with E-state index in [1.165, 1.54) is 11.1 Å². The highest BCUT2D eigenvalue weighted by molar-refractivity contribution is 5.84. The van der Waals surface area contributed by atoms with E-state index in [0.717, 1.165) is 22.1 Å². The van der Waals surface area contributed by atoms with Crippen molar-refractivity contribution in [3.63, 3.8) is 0 Å². The van der Waals surface area contributed by atoms with Crippen LogP contribution in [0.1, 0.15) is 43.0 Å². The summed E-state index contributed by atoms with van der Waals surface area (Å²) in [5, 5.41) is 5.36. The van der Waals surface area contributed by atoms with Crippen molar-refractivity contribution in [3.8, 4) is 5.75 Å². The molecule has 2 atom stereocenters. The van der Waals surface area contributed by atoms with Gasteiger partial charge in [-0.2, -0.15) is 0 Å². The normalized spacial score (nSPS) is 13.2. The van der Waals surface area contributed by atoms with Gasteiger partial charge in [-0.05, 0) is 61.2 Å². The van der Waals surface area contributed by atoms with Crippen LogP contribution in [0.15, 0.2) is 60.7 Å². The Hall–Kier alpha value is -2.81. The fourth-order valence-electron chi connectivity index (χ4n) is 3.42. The predicted molar refractivity (Wildman–Crippen MR) is 111 cm³/mol. The molecular weight excluding hydrogens is 334 g/mol. The van der Waals surface area contributed by atoms with E-state index in [1.54, 1.807) is 0 Å². The van der Waals surface area contributed by atoms with Gasteiger partial charge < -0.3 is 10.1 Å². The lowest BCUT2D eigenvalue weighted by Crippen LogP contribution is -2.39. The van der Waals surface area contributed by atoms with Crippen molar-refractivity contribution in [1.82, 2.24) is 5.32 Å². The fraction of sp³-hybridized carbons (Fsp3) is 0.292. The third-order valence-electron chi connectivity index (χ3n) is 4.91. The van der Waals surface area contributed by atoms with Crippen LogP contribution in [-0.4, -0.2) is 12.0 Å². The van der Waals surface area contributed by atoms with Crippen LogP contribution in [0, 0.1) is 13.8 Å². The third-order valence-corrected chi connectivity index (χ3v) is 4.91. The van der Waals surface area contributed by atoms with Crippen LogP contribution in [0.25, 0.3) is 10.8 Å². The van der Waals surface area contributed by atoms with Crippen LogP contribution in [0.3, 0.4) is 0 Å². The molecule has 3 nitrogen and oxygen atoms in total. The largest absolute Gasteiger partial charge is 0.481 e. The molecule has 3 aromatic rings. The Kier molecular flexibility index (Phi) is 5.80. The summed E-state index contributed by atoms with van der Waals surface area (Å²) in [6.07, 6.45) is 0.0949. The Bertz CT molecular complexity index is 948. The van der Waals surface area contributed by atoms with Crippen LogP contribution in [0.2, 0.25) is 0 Å². The zero-order valence-corrected chi connectivity index (χ0v) is 16.5. The highest BCUT2D eigenvalue weighted by Crippen LogP contribution is 2.23. The molecule has 27 heavy (non-hydrogen) atoms. The van der Waals surface area contributed by atoms with E-state index in [4.69, 9.17) is 4.74 Å². The number of fused-ring (bicyclic) bond motifs is 1. The maximum absolute atomic E-state index is 12.8. The zero-order valence-electron chi connectivity index (χ0n) is 16.5. The highest BCUT2D eigenvalue weighted by Gasteiger charge is 2.21. The molecule has 3 rings (SSSR count). The summed E-state index contributed by atoms with van der Waals surface area (Å²) in [5.41, 5.74) is 3.54. The molecule has 3 aromatic carbocycles. The van der Waals surface area contributed by atoms with Gasteiger partial charge in [0.2, 0.25) is 0 Å². The van der Waals surface area contributed by atoms with E-state index >= 15 is 0 Å². The number of carbonyl (C=O) groups excluding carboxylic acids is 1. The SMILES string of the molecule is CC[C@H](Oc1ccc2ccccc2c1)C(=O)N[C@@H](C)c1ccc(C)cc1C. The van der Waals surface area contributed by atoms with Crippen LogP contribution >= 0.6 is 0 Å². The van der Waals surface area contributed by atoms with Crippen LogP contribution in [0.4, 0.5) is 0 Å². The number of ether oxygens (including phenoxy) is 1. The van der Waals surface area contributed by atoms with Gasteiger partial charge in [0.05, 0.1) is 6.04 Å². The second-order valence-corrected chi connectivity index (χ2v) is 7.11. The maximum Gasteiger partial charge on any atom is 0.261 e. The van der Waals surface area contributed by atoms with Gasteiger partial charge in [-0.3, -0.25) is 4.79 Å². The summed E-state index contributed by atoms with van der Waals surface area (Å²) >= 11 is 0. The lowest BCUT2D eigenvalue weighted by atomic mass is 10.00. The summed E-state index contributed by atoms with van der Waals surface area (Å²) in [6, 6.07) is 20.3. The average molecular weight is 361 g/mol. The van der Waals surface area contributed by atoms with E-state index in [2.05, 4.69) is 43.4 Å². The molecule has 1 N–H and O–H groups in total. The van der Waals surface area contributed by atoms with E-state index < -0.39 is 6.10 Å². The molecule has 0 bridgehead atoms. The maximum atomic E-state index is 12.8. The van der Waals surface area contributed by atoms with Crippen molar-refractivity contribution in [1.29, 1.82) is 0 Å². The van der Waals surface area contributed by atoms with Crippen molar-refractivity contribution in [2.24, 2.45) is 0 Å². The molecule has 3 heteroatoms. The van der Waals surface area contributed by atoms with E-state index in [0.29, 0.717) is 6.42 Å². The molecule has 0 saturated carbocycles. The van der Waals surface area contributed by atoms with Gasteiger partial charge >= 0.3 is 0 Å². The minimum atomic E-state index is -0.514. The van der Waals surface area contributed by atoms with Gasteiger partial charge in [-0.1, -0.05) is 61.0 Å². The second-order valence-electron chi connectivity index (χ2n) is 7.11. The van der Waals surface area contributed by atoms with Crippen molar-refractivity contribution in [2.75, 3.05) is 0 Å². The zero-order chi connectivity index (χ0) is 19.4. The molecule has 0 aliphatic carbocycles. The van der Waals surface area contributed by atoms with Crippen molar-refractivity contribution in [2.45, 2.75) is 46.3 Å². The van der Waals surface area contributed by atoms with E-state index in [1.807, 2.05) is 50.2 Å². The molecule has 0 fully saturated rings. The van der Waals surface area contributed by atoms with E-state index in [-0.39, 0.29) is 11.9 Å². The summed E-state index contributed by atoms with van der Waals surface area (Å²) in [5.74, 6) is 0.632. The summed E-state index contributed by atoms with van der Waals surface area (Å²) in [7, 11) is 0. The van der Waals surface area contributed by atoms with Gasteiger partial charge in [0.1, 0.15) is 5.75 Å². The number of carbonyl (C=O) groups is 1. The molecule has 0 aliphatic heterocycles. The molecule has 0 spiro atoms. The number of rotatable bonds is 6.